The SMILES string of the molecule is c1ccc(-c2cccc(-c3nc(-c4ccccc4)nc(-c4ccc5c6ccccc6c6ccc7c8ccccc8sc7c6c5c4)n3)c2)cc1. The Morgan fingerprint density at radius 3 is 1.57 bits per heavy atom. The Bertz CT molecular complexity index is 2880. The second-order valence-electron chi connectivity index (χ2n) is 12.4. The maximum Gasteiger partial charge on any atom is 0.164 e. The minimum Gasteiger partial charge on any atom is -0.208 e. The molecule has 2 aromatic heterocycles. The molecule has 0 radical (unpaired) electrons. The van der Waals surface area contributed by atoms with Crippen molar-refractivity contribution < 1.29 is 0 Å². The zero-order valence-electron chi connectivity index (χ0n) is 26.3. The van der Waals surface area contributed by atoms with Crippen molar-refractivity contribution in [1.82, 2.24) is 15.0 Å². The third-order valence-electron chi connectivity index (χ3n) is 9.50. The predicted molar refractivity (Wildman–Crippen MR) is 207 cm³/mol. The molecule has 49 heavy (non-hydrogen) atoms. The summed E-state index contributed by atoms with van der Waals surface area (Å²) < 4.78 is 2.61. The normalized spacial score (nSPS) is 11.7. The number of fused-ring (bicyclic) bond motifs is 10. The highest BCUT2D eigenvalue weighted by Crippen LogP contribution is 2.45. The summed E-state index contributed by atoms with van der Waals surface area (Å²) in [6, 6.07) is 57.9. The lowest BCUT2D eigenvalue weighted by Gasteiger charge is -2.13. The standard InChI is InChI=1S/C45H27N3S/c1-3-12-28(13-4-1)30-16-11-17-31(26-30)44-46-43(29-14-5-2-6-15-29)47-45(48-44)32-22-23-35-33-18-7-8-19-34(33)37-24-25-38-36-20-9-10-21-40(36)49-42(38)41(37)39(35)27-32/h1-27H. The number of nitrogens with zero attached hydrogens (tertiary/aromatic N) is 3. The van der Waals surface area contributed by atoms with Gasteiger partial charge in [0.25, 0.3) is 0 Å². The summed E-state index contributed by atoms with van der Waals surface area (Å²) in [5.74, 6) is 1.96. The van der Waals surface area contributed by atoms with Gasteiger partial charge in [0.05, 0.1) is 0 Å². The molecule has 0 unspecified atom stereocenters. The van der Waals surface area contributed by atoms with Gasteiger partial charge in [-0.25, -0.2) is 15.0 Å². The summed E-state index contributed by atoms with van der Waals surface area (Å²) in [5, 5.41) is 10.1. The molecule has 0 fully saturated rings. The van der Waals surface area contributed by atoms with Gasteiger partial charge in [-0.05, 0) is 56.3 Å². The van der Waals surface area contributed by atoms with E-state index in [1.165, 1.54) is 52.5 Å². The molecule has 0 aliphatic carbocycles. The van der Waals surface area contributed by atoms with Gasteiger partial charge in [-0.15, -0.1) is 11.3 Å². The maximum atomic E-state index is 5.16. The fourth-order valence-corrected chi connectivity index (χ4v) is 8.44. The van der Waals surface area contributed by atoms with Gasteiger partial charge in [0, 0.05) is 42.2 Å². The monoisotopic (exact) mass is 641 g/mol. The first-order valence-corrected chi connectivity index (χ1v) is 17.3. The highest BCUT2D eigenvalue weighted by Gasteiger charge is 2.18. The molecule has 0 spiro atoms. The number of benzene rings is 8. The van der Waals surface area contributed by atoms with Crippen LogP contribution in [0.15, 0.2) is 164 Å². The smallest absolute Gasteiger partial charge is 0.164 e. The number of thiophene rings is 1. The van der Waals surface area contributed by atoms with E-state index in [9.17, 15) is 0 Å². The van der Waals surface area contributed by atoms with E-state index in [1.807, 2.05) is 35.6 Å². The van der Waals surface area contributed by atoms with E-state index < -0.39 is 0 Å². The first kappa shape index (κ1) is 27.8. The predicted octanol–water partition coefficient (Wildman–Crippen LogP) is 12.4. The van der Waals surface area contributed by atoms with E-state index in [-0.39, 0.29) is 0 Å². The Labute approximate surface area is 286 Å². The summed E-state index contributed by atoms with van der Waals surface area (Å²) >= 11 is 1.87. The quantitative estimate of drug-likeness (QED) is 0.180. The maximum absolute atomic E-state index is 5.16. The fraction of sp³-hybridized carbons (Fsp3) is 0. The summed E-state index contributed by atoms with van der Waals surface area (Å²) in [5.41, 5.74) is 5.14. The van der Waals surface area contributed by atoms with Gasteiger partial charge in [-0.3, -0.25) is 0 Å². The van der Waals surface area contributed by atoms with Gasteiger partial charge >= 0.3 is 0 Å². The van der Waals surface area contributed by atoms with Gasteiger partial charge in [0.15, 0.2) is 17.5 Å². The second kappa shape index (κ2) is 11.2. The molecule has 3 nitrogen and oxygen atoms in total. The molecule has 8 aromatic carbocycles. The van der Waals surface area contributed by atoms with Crippen molar-refractivity contribution >= 4 is 63.8 Å². The average Bonchev–Trinajstić information content (AvgIpc) is 3.57. The summed E-state index contributed by atoms with van der Waals surface area (Å²) in [6.45, 7) is 0. The minimum atomic E-state index is 0.650. The zero-order valence-corrected chi connectivity index (χ0v) is 27.2. The Morgan fingerprint density at radius 2 is 0.816 bits per heavy atom. The van der Waals surface area contributed by atoms with Crippen molar-refractivity contribution in [3.8, 4) is 45.3 Å². The van der Waals surface area contributed by atoms with Crippen molar-refractivity contribution in [1.29, 1.82) is 0 Å². The van der Waals surface area contributed by atoms with Crippen LogP contribution in [-0.4, -0.2) is 15.0 Å². The van der Waals surface area contributed by atoms with Crippen LogP contribution in [-0.2, 0) is 0 Å². The van der Waals surface area contributed by atoms with Crippen molar-refractivity contribution in [2.45, 2.75) is 0 Å². The topological polar surface area (TPSA) is 38.7 Å². The van der Waals surface area contributed by atoms with Crippen LogP contribution in [0.3, 0.4) is 0 Å². The van der Waals surface area contributed by atoms with E-state index in [0.29, 0.717) is 17.5 Å². The third-order valence-corrected chi connectivity index (χ3v) is 10.7. The molecule has 228 valence electrons. The lowest BCUT2D eigenvalue weighted by molar-refractivity contribution is 1.07. The van der Waals surface area contributed by atoms with Crippen LogP contribution in [0.1, 0.15) is 0 Å². The van der Waals surface area contributed by atoms with E-state index in [0.717, 1.165) is 27.8 Å². The Morgan fingerprint density at radius 1 is 0.306 bits per heavy atom. The van der Waals surface area contributed by atoms with Gasteiger partial charge in [-0.1, -0.05) is 146 Å². The van der Waals surface area contributed by atoms with Gasteiger partial charge < -0.3 is 0 Å². The van der Waals surface area contributed by atoms with Crippen molar-refractivity contribution in [2.24, 2.45) is 0 Å². The van der Waals surface area contributed by atoms with Crippen molar-refractivity contribution in [3.05, 3.63) is 164 Å². The molecular formula is C45H27N3S. The van der Waals surface area contributed by atoms with E-state index in [4.69, 9.17) is 15.0 Å². The van der Waals surface area contributed by atoms with Crippen LogP contribution in [0.4, 0.5) is 0 Å². The van der Waals surface area contributed by atoms with Crippen LogP contribution in [0.5, 0.6) is 0 Å². The number of rotatable bonds is 4. The highest BCUT2D eigenvalue weighted by atomic mass is 32.1. The number of aromatic nitrogens is 3. The first-order chi connectivity index (χ1) is 24.3. The largest absolute Gasteiger partial charge is 0.208 e. The molecule has 4 heteroatoms. The zero-order chi connectivity index (χ0) is 32.3. The van der Waals surface area contributed by atoms with E-state index >= 15 is 0 Å². The Hall–Kier alpha value is -6.23. The first-order valence-electron chi connectivity index (χ1n) is 16.4. The second-order valence-corrected chi connectivity index (χ2v) is 13.4. The van der Waals surface area contributed by atoms with Crippen LogP contribution in [0.25, 0.3) is 97.8 Å². The molecule has 0 saturated heterocycles. The summed E-state index contributed by atoms with van der Waals surface area (Å²) in [6.07, 6.45) is 0. The van der Waals surface area contributed by atoms with Gasteiger partial charge in [0.1, 0.15) is 0 Å². The molecule has 0 atom stereocenters. The van der Waals surface area contributed by atoms with E-state index in [2.05, 4.69) is 140 Å². The molecule has 0 bridgehead atoms. The lowest BCUT2D eigenvalue weighted by atomic mass is 9.92. The van der Waals surface area contributed by atoms with Crippen LogP contribution in [0.2, 0.25) is 0 Å². The third kappa shape index (κ3) is 4.61. The molecule has 0 saturated carbocycles. The lowest BCUT2D eigenvalue weighted by Crippen LogP contribution is -2.00. The number of hydrogen-bond acceptors (Lipinski definition) is 4. The van der Waals surface area contributed by atoms with E-state index in [1.54, 1.807) is 0 Å². The van der Waals surface area contributed by atoms with Gasteiger partial charge in [0.2, 0.25) is 0 Å². The fourth-order valence-electron chi connectivity index (χ4n) is 7.18. The molecule has 10 aromatic rings. The summed E-state index contributed by atoms with van der Waals surface area (Å²) in [7, 11) is 0. The highest BCUT2D eigenvalue weighted by molar-refractivity contribution is 7.26. The van der Waals surface area contributed by atoms with Crippen molar-refractivity contribution in [2.75, 3.05) is 0 Å². The van der Waals surface area contributed by atoms with Crippen LogP contribution >= 0.6 is 11.3 Å². The summed E-state index contributed by atoms with van der Waals surface area (Å²) in [4.78, 5) is 15.3. The molecular weight excluding hydrogens is 615 g/mol. The van der Waals surface area contributed by atoms with Gasteiger partial charge in [-0.2, -0.15) is 0 Å². The molecule has 0 amide bonds. The van der Waals surface area contributed by atoms with Crippen molar-refractivity contribution in [3.63, 3.8) is 0 Å². The molecule has 0 N–H and O–H groups in total. The average molecular weight is 642 g/mol. The van der Waals surface area contributed by atoms with Crippen LogP contribution in [0, 0.1) is 0 Å². The molecule has 2 heterocycles. The van der Waals surface area contributed by atoms with Crippen LogP contribution < -0.4 is 0 Å². The molecule has 0 aliphatic heterocycles. The molecule has 10 rings (SSSR count). The number of hydrogen-bond donors (Lipinski definition) is 0. The Balaban J connectivity index is 1.25. The Kier molecular flexibility index (Phi) is 6.36. The molecule has 0 aliphatic rings. The minimum absolute atomic E-state index is 0.650.